The van der Waals surface area contributed by atoms with Gasteiger partial charge in [-0.05, 0) is 26.7 Å². The van der Waals surface area contributed by atoms with E-state index in [1.54, 1.807) is 0 Å². The number of nitriles is 1. The Balaban J connectivity index is 2.11. The summed E-state index contributed by atoms with van der Waals surface area (Å²) >= 11 is 0. The summed E-state index contributed by atoms with van der Waals surface area (Å²) in [6.45, 7) is 6.62. The highest BCUT2D eigenvalue weighted by Gasteiger charge is 2.20. The molecule has 2 rings (SSSR count). The van der Waals surface area contributed by atoms with Gasteiger partial charge in [-0.3, -0.25) is 0 Å². The van der Waals surface area contributed by atoms with E-state index >= 15 is 0 Å². The molecule has 0 saturated carbocycles. The number of rotatable bonds is 3. The fourth-order valence-electron chi connectivity index (χ4n) is 2.22. The molecule has 18 heavy (non-hydrogen) atoms. The molecule has 0 aromatic carbocycles. The summed E-state index contributed by atoms with van der Waals surface area (Å²) in [7, 11) is 0. The Morgan fingerprint density at radius 1 is 1.44 bits per heavy atom. The number of hydrogen-bond donors (Lipinski definition) is 1. The lowest BCUT2D eigenvalue weighted by molar-refractivity contribution is 0.485. The van der Waals surface area contributed by atoms with Crippen LogP contribution in [0, 0.1) is 24.2 Å². The summed E-state index contributed by atoms with van der Waals surface area (Å²) in [5.41, 5.74) is 0. The molecule has 1 aliphatic heterocycles. The molecule has 1 aromatic heterocycles. The Morgan fingerprint density at radius 2 is 2.17 bits per heavy atom. The van der Waals surface area contributed by atoms with Crippen LogP contribution in [-0.2, 0) is 0 Å². The van der Waals surface area contributed by atoms with E-state index < -0.39 is 0 Å². The average Bonchev–Trinajstić information content (AvgIpc) is 2.38. The van der Waals surface area contributed by atoms with Gasteiger partial charge in [0.15, 0.2) is 0 Å². The van der Waals surface area contributed by atoms with E-state index in [0.717, 1.165) is 49.9 Å². The molecule has 5 nitrogen and oxygen atoms in total. The summed E-state index contributed by atoms with van der Waals surface area (Å²) in [5.74, 6) is 2.83. The van der Waals surface area contributed by atoms with Gasteiger partial charge in [-0.2, -0.15) is 5.26 Å². The van der Waals surface area contributed by atoms with Crippen LogP contribution in [0.5, 0.6) is 0 Å². The minimum atomic E-state index is 0.206. The Hall–Kier alpha value is -1.83. The summed E-state index contributed by atoms with van der Waals surface area (Å²) < 4.78 is 0. The topological polar surface area (TPSA) is 64.8 Å². The largest absolute Gasteiger partial charge is 0.370 e. The van der Waals surface area contributed by atoms with Crippen LogP contribution in [-0.4, -0.2) is 29.6 Å². The van der Waals surface area contributed by atoms with Crippen molar-refractivity contribution >= 4 is 11.6 Å². The number of piperidine rings is 1. The molecule has 2 heterocycles. The maximum Gasteiger partial charge on any atom is 0.134 e. The number of nitrogens with zero attached hydrogens (tertiary/aromatic N) is 4. The van der Waals surface area contributed by atoms with Gasteiger partial charge < -0.3 is 10.2 Å². The van der Waals surface area contributed by atoms with Crippen molar-refractivity contribution in [2.24, 2.45) is 5.92 Å². The van der Waals surface area contributed by atoms with E-state index in [1.165, 1.54) is 0 Å². The van der Waals surface area contributed by atoms with E-state index in [-0.39, 0.29) is 5.92 Å². The molecule has 0 unspecified atom stereocenters. The fourth-order valence-corrected chi connectivity index (χ4v) is 2.22. The lowest BCUT2D eigenvalue weighted by Gasteiger charge is -2.30. The first-order chi connectivity index (χ1) is 8.72. The Kier molecular flexibility index (Phi) is 3.98. The maximum atomic E-state index is 8.90. The number of aryl methyl sites for hydroxylation is 1. The molecule has 0 radical (unpaired) electrons. The monoisotopic (exact) mass is 245 g/mol. The smallest absolute Gasteiger partial charge is 0.134 e. The quantitative estimate of drug-likeness (QED) is 0.881. The van der Waals surface area contributed by atoms with Crippen LogP contribution in [0.4, 0.5) is 11.6 Å². The first-order valence-electron chi connectivity index (χ1n) is 6.47. The van der Waals surface area contributed by atoms with E-state index in [2.05, 4.69) is 33.2 Å². The van der Waals surface area contributed by atoms with Crippen molar-refractivity contribution in [2.75, 3.05) is 29.9 Å². The maximum absolute atomic E-state index is 8.90. The van der Waals surface area contributed by atoms with Crippen LogP contribution in [0.1, 0.15) is 25.6 Å². The van der Waals surface area contributed by atoms with Crippen molar-refractivity contribution in [1.82, 2.24) is 9.97 Å². The van der Waals surface area contributed by atoms with Gasteiger partial charge in [0.05, 0.1) is 6.07 Å². The minimum Gasteiger partial charge on any atom is -0.370 e. The predicted octanol–water partition coefficient (Wildman–Crippen LogP) is 1.96. The van der Waals surface area contributed by atoms with Crippen LogP contribution in [0.15, 0.2) is 6.07 Å². The van der Waals surface area contributed by atoms with Gasteiger partial charge in [-0.25, -0.2) is 9.97 Å². The molecule has 0 spiro atoms. The third kappa shape index (κ3) is 2.89. The van der Waals surface area contributed by atoms with Crippen molar-refractivity contribution in [3.05, 3.63) is 11.9 Å². The molecular formula is C13H19N5. The highest BCUT2D eigenvalue weighted by Crippen LogP contribution is 2.22. The Morgan fingerprint density at radius 3 is 2.78 bits per heavy atom. The lowest BCUT2D eigenvalue weighted by Crippen LogP contribution is -2.34. The van der Waals surface area contributed by atoms with Gasteiger partial charge in [0.1, 0.15) is 17.5 Å². The zero-order valence-electron chi connectivity index (χ0n) is 11.0. The second-order valence-electron chi connectivity index (χ2n) is 4.58. The van der Waals surface area contributed by atoms with Gasteiger partial charge in [0, 0.05) is 31.6 Å². The SMILES string of the molecule is CCNc1cc(N2CCC(C#N)CC2)nc(C)n1. The summed E-state index contributed by atoms with van der Waals surface area (Å²) in [6, 6.07) is 4.34. The van der Waals surface area contributed by atoms with Crippen LogP contribution in [0.3, 0.4) is 0 Å². The van der Waals surface area contributed by atoms with Crippen molar-refractivity contribution in [3.63, 3.8) is 0 Å². The number of nitrogens with one attached hydrogen (secondary N) is 1. The molecule has 96 valence electrons. The van der Waals surface area contributed by atoms with Crippen molar-refractivity contribution in [3.8, 4) is 6.07 Å². The van der Waals surface area contributed by atoms with Crippen molar-refractivity contribution in [2.45, 2.75) is 26.7 Å². The predicted molar refractivity (Wildman–Crippen MR) is 71.5 cm³/mol. The second kappa shape index (κ2) is 5.67. The minimum absolute atomic E-state index is 0.206. The molecule has 0 amide bonds. The van der Waals surface area contributed by atoms with Gasteiger partial charge in [0.25, 0.3) is 0 Å². The highest BCUT2D eigenvalue weighted by molar-refractivity contribution is 5.49. The third-order valence-electron chi connectivity index (χ3n) is 3.18. The van der Waals surface area contributed by atoms with E-state index in [4.69, 9.17) is 5.26 Å². The van der Waals surface area contributed by atoms with Crippen LogP contribution >= 0.6 is 0 Å². The van der Waals surface area contributed by atoms with Crippen LogP contribution in [0.25, 0.3) is 0 Å². The van der Waals surface area contributed by atoms with Gasteiger partial charge >= 0.3 is 0 Å². The molecule has 1 aliphatic rings. The van der Waals surface area contributed by atoms with Crippen LogP contribution < -0.4 is 10.2 Å². The standard InChI is InChI=1S/C13H19N5/c1-3-15-12-8-13(17-10(2)16-12)18-6-4-11(9-14)5-7-18/h8,11H,3-7H2,1-2H3,(H,15,16,17). The van der Waals surface area contributed by atoms with Gasteiger partial charge in [-0.1, -0.05) is 0 Å². The van der Waals surface area contributed by atoms with Crippen molar-refractivity contribution < 1.29 is 0 Å². The first kappa shape index (κ1) is 12.6. The Labute approximate surface area is 108 Å². The molecular weight excluding hydrogens is 226 g/mol. The molecule has 1 fully saturated rings. The zero-order chi connectivity index (χ0) is 13.0. The normalized spacial score (nSPS) is 16.4. The van der Waals surface area contributed by atoms with Crippen LogP contribution in [0.2, 0.25) is 0 Å². The van der Waals surface area contributed by atoms with E-state index in [0.29, 0.717) is 0 Å². The highest BCUT2D eigenvalue weighted by atomic mass is 15.2. The first-order valence-corrected chi connectivity index (χ1v) is 6.47. The van der Waals surface area contributed by atoms with E-state index in [9.17, 15) is 0 Å². The number of hydrogen-bond acceptors (Lipinski definition) is 5. The number of aromatic nitrogens is 2. The fraction of sp³-hybridized carbons (Fsp3) is 0.615. The zero-order valence-corrected chi connectivity index (χ0v) is 11.0. The molecule has 5 heteroatoms. The van der Waals surface area contributed by atoms with Gasteiger partial charge in [-0.15, -0.1) is 0 Å². The second-order valence-corrected chi connectivity index (χ2v) is 4.58. The lowest BCUT2D eigenvalue weighted by atomic mass is 9.99. The Bertz CT molecular complexity index is 443. The average molecular weight is 245 g/mol. The number of anilines is 2. The molecule has 0 bridgehead atoms. The molecule has 1 N–H and O–H groups in total. The van der Waals surface area contributed by atoms with Crippen molar-refractivity contribution in [1.29, 1.82) is 5.26 Å². The molecule has 0 aliphatic carbocycles. The molecule has 0 atom stereocenters. The summed E-state index contributed by atoms with van der Waals surface area (Å²) in [6.07, 6.45) is 1.85. The molecule has 1 saturated heterocycles. The molecule has 1 aromatic rings. The van der Waals surface area contributed by atoms with Gasteiger partial charge in [0.2, 0.25) is 0 Å². The summed E-state index contributed by atoms with van der Waals surface area (Å²) in [5, 5.41) is 12.1. The van der Waals surface area contributed by atoms with E-state index in [1.807, 2.05) is 13.0 Å². The third-order valence-corrected chi connectivity index (χ3v) is 3.18. The summed E-state index contributed by atoms with van der Waals surface area (Å²) in [4.78, 5) is 11.1.